The van der Waals surface area contributed by atoms with Crippen molar-refractivity contribution >= 4 is 8.80 Å². The average molecular weight is 336 g/mol. The van der Waals surface area contributed by atoms with Gasteiger partial charge in [-0.3, -0.25) is 0 Å². The van der Waals surface area contributed by atoms with Gasteiger partial charge in [-0.05, 0) is 72.5 Å². The maximum atomic E-state index is 6.54. The molecule has 0 saturated carbocycles. The monoisotopic (exact) mass is 335 g/mol. The van der Waals surface area contributed by atoms with Gasteiger partial charge in [-0.15, -0.1) is 0 Å². The molecule has 7 heteroatoms. The van der Waals surface area contributed by atoms with E-state index in [1.54, 1.807) is 0 Å². The van der Waals surface area contributed by atoms with Gasteiger partial charge >= 0.3 is 8.80 Å². The highest BCUT2D eigenvalue weighted by atomic mass is 28.4. The summed E-state index contributed by atoms with van der Waals surface area (Å²) in [5.74, 6) is 0. The quantitative estimate of drug-likeness (QED) is 0.393. The van der Waals surface area contributed by atoms with Crippen LogP contribution in [0.4, 0.5) is 0 Å². The molecule has 0 aliphatic heterocycles. The van der Waals surface area contributed by atoms with Gasteiger partial charge in [-0.2, -0.15) is 0 Å². The van der Waals surface area contributed by atoms with Crippen molar-refractivity contribution in [3.05, 3.63) is 0 Å². The summed E-state index contributed by atoms with van der Waals surface area (Å²) in [6, 6.07) is 0.756. The molecule has 0 radical (unpaired) electrons. The van der Waals surface area contributed by atoms with Gasteiger partial charge in [0, 0.05) is 19.3 Å². The number of rotatable bonds is 15. The van der Waals surface area contributed by atoms with E-state index in [4.69, 9.17) is 30.5 Å². The molecule has 6 N–H and O–H groups in total. The number of hydrogen-bond acceptors (Lipinski definition) is 6. The summed E-state index contributed by atoms with van der Waals surface area (Å²) in [5, 5.41) is 0. The first-order valence-corrected chi connectivity index (χ1v) is 10.5. The van der Waals surface area contributed by atoms with Crippen LogP contribution in [0.1, 0.15) is 52.9 Å². The summed E-state index contributed by atoms with van der Waals surface area (Å²) >= 11 is 0. The maximum absolute atomic E-state index is 6.54. The van der Waals surface area contributed by atoms with Crippen LogP contribution in [0.3, 0.4) is 0 Å². The van der Waals surface area contributed by atoms with Gasteiger partial charge < -0.3 is 30.5 Å². The van der Waals surface area contributed by atoms with Crippen molar-refractivity contribution in [2.45, 2.75) is 64.5 Å². The van der Waals surface area contributed by atoms with Gasteiger partial charge in [0.25, 0.3) is 0 Å². The summed E-state index contributed by atoms with van der Waals surface area (Å²) in [6.45, 7) is 9.17. The Morgan fingerprint density at radius 1 is 0.818 bits per heavy atom. The van der Waals surface area contributed by atoms with Crippen LogP contribution in [0.2, 0.25) is 6.04 Å². The standard InChI is InChI=1S/C15H37N3O3Si/c1-4-19-22(20-5-2,14-8-13-18)21-15(3,9-6-11-16)10-7-12-17/h4-14,16-18H2,1-3H3. The third-order valence-electron chi connectivity index (χ3n) is 3.64. The van der Waals surface area contributed by atoms with E-state index in [0.717, 1.165) is 38.1 Å². The van der Waals surface area contributed by atoms with E-state index in [9.17, 15) is 0 Å². The lowest BCUT2D eigenvalue weighted by molar-refractivity contribution is -0.0307. The Balaban J connectivity index is 5.10. The lowest BCUT2D eigenvalue weighted by Gasteiger charge is -2.39. The number of nitrogens with two attached hydrogens (primary N) is 3. The van der Waals surface area contributed by atoms with E-state index in [1.165, 1.54) is 0 Å². The summed E-state index contributed by atoms with van der Waals surface area (Å²) < 4.78 is 18.5. The molecular weight excluding hydrogens is 298 g/mol. The molecule has 134 valence electrons. The zero-order chi connectivity index (χ0) is 16.9. The summed E-state index contributed by atoms with van der Waals surface area (Å²) in [4.78, 5) is 0. The van der Waals surface area contributed by atoms with Crippen molar-refractivity contribution in [3.8, 4) is 0 Å². The van der Waals surface area contributed by atoms with E-state index in [1.807, 2.05) is 13.8 Å². The lowest BCUT2D eigenvalue weighted by Crippen LogP contribution is -2.52. The smallest absolute Gasteiger partial charge is 0.374 e. The minimum atomic E-state index is -2.71. The summed E-state index contributed by atoms with van der Waals surface area (Å²) in [6.07, 6.45) is 4.46. The maximum Gasteiger partial charge on any atom is 0.501 e. The predicted molar refractivity (Wildman–Crippen MR) is 93.6 cm³/mol. The lowest BCUT2D eigenvalue weighted by atomic mass is 9.94. The molecule has 0 amide bonds. The zero-order valence-corrected chi connectivity index (χ0v) is 15.7. The summed E-state index contributed by atoms with van der Waals surface area (Å²) in [5.41, 5.74) is 16.7. The van der Waals surface area contributed by atoms with E-state index in [2.05, 4.69) is 6.92 Å². The van der Waals surface area contributed by atoms with Crippen molar-refractivity contribution in [2.24, 2.45) is 17.2 Å². The Morgan fingerprint density at radius 3 is 1.64 bits per heavy atom. The average Bonchev–Trinajstić information content (AvgIpc) is 2.50. The highest BCUT2D eigenvalue weighted by Gasteiger charge is 2.45. The first-order chi connectivity index (χ1) is 10.5. The first-order valence-electron chi connectivity index (χ1n) is 8.59. The Morgan fingerprint density at radius 2 is 1.27 bits per heavy atom. The van der Waals surface area contributed by atoms with Crippen molar-refractivity contribution < 1.29 is 13.3 Å². The molecule has 0 rings (SSSR count). The van der Waals surface area contributed by atoms with Crippen molar-refractivity contribution in [1.82, 2.24) is 0 Å². The van der Waals surface area contributed by atoms with Crippen molar-refractivity contribution in [2.75, 3.05) is 32.8 Å². The molecule has 0 aliphatic carbocycles. The van der Waals surface area contributed by atoms with E-state index < -0.39 is 8.80 Å². The molecule has 0 aromatic carbocycles. The highest BCUT2D eigenvalue weighted by molar-refractivity contribution is 6.60. The third-order valence-corrected chi connectivity index (χ3v) is 6.86. The van der Waals surface area contributed by atoms with Crippen LogP contribution in [-0.2, 0) is 13.3 Å². The SMILES string of the molecule is CCO[Si](CCCN)(OCC)OC(C)(CCCN)CCCN. The molecule has 0 spiro atoms. The molecule has 0 atom stereocenters. The van der Waals surface area contributed by atoms with Crippen LogP contribution in [0.15, 0.2) is 0 Å². The Kier molecular flexibility index (Phi) is 12.4. The van der Waals surface area contributed by atoms with Crippen LogP contribution in [-0.4, -0.2) is 47.3 Å². The Bertz CT molecular complexity index is 256. The molecule has 0 aromatic rings. The van der Waals surface area contributed by atoms with E-state index in [-0.39, 0.29) is 5.60 Å². The molecule has 6 nitrogen and oxygen atoms in total. The zero-order valence-electron chi connectivity index (χ0n) is 14.7. The van der Waals surface area contributed by atoms with Crippen molar-refractivity contribution in [3.63, 3.8) is 0 Å². The van der Waals surface area contributed by atoms with Gasteiger partial charge in [0.05, 0.1) is 5.60 Å². The van der Waals surface area contributed by atoms with Gasteiger partial charge in [0.1, 0.15) is 0 Å². The van der Waals surface area contributed by atoms with Gasteiger partial charge in [-0.1, -0.05) is 0 Å². The van der Waals surface area contributed by atoms with E-state index >= 15 is 0 Å². The third kappa shape index (κ3) is 8.57. The topological polar surface area (TPSA) is 106 Å². The normalized spacial score (nSPS) is 12.8. The second-order valence-electron chi connectivity index (χ2n) is 5.78. The Labute approximate surface area is 137 Å². The highest BCUT2D eigenvalue weighted by Crippen LogP contribution is 2.31. The van der Waals surface area contributed by atoms with Crippen LogP contribution in [0, 0.1) is 0 Å². The van der Waals surface area contributed by atoms with Gasteiger partial charge in [-0.25, -0.2) is 0 Å². The van der Waals surface area contributed by atoms with Crippen molar-refractivity contribution in [1.29, 1.82) is 0 Å². The first kappa shape index (κ1) is 22.0. The molecular formula is C15H37N3O3Si. The van der Waals surface area contributed by atoms with Crippen LogP contribution in [0.25, 0.3) is 0 Å². The molecule has 0 saturated heterocycles. The second-order valence-corrected chi connectivity index (χ2v) is 8.43. The fourth-order valence-corrected chi connectivity index (χ4v) is 5.67. The fraction of sp³-hybridized carbons (Fsp3) is 1.00. The Hall–Kier alpha value is -0.0231. The second kappa shape index (κ2) is 12.4. The molecule has 0 unspecified atom stereocenters. The van der Waals surface area contributed by atoms with Gasteiger partial charge in [0.15, 0.2) is 0 Å². The minimum Gasteiger partial charge on any atom is -0.374 e. The molecule has 0 bridgehead atoms. The summed E-state index contributed by atoms with van der Waals surface area (Å²) in [7, 11) is -2.71. The molecule has 22 heavy (non-hydrogen) atoms. The van der Waals surface area contributed by atoms with Gasteiger partial charge in [0.2, 0.25) is 0 Å². The number of hydrogen-bond donors (Lipinski definition) is 3. The van der Waals surface area contributed by atoms with Crippen LogP contribution < -0.4 is 17.2 Å². The predicted octanol–water partition coefficient (Wildman–Crippen LogP) is 1.60. The largest absolute Gasteiger partial charge is 0.501 e. The van der Waals surface area contributed by atoms with E-state index in [0.29, 0.717) is 32.8 Å². The molecule has 0 fully saturated rings. The van der Waals surface area contributed by atoms with Crippen LogP contribution >= 0.6 is 0 Å². The molecule has 0 aromatic heterocycles. The molecule has 0 heterocycles. The fourth-order valence-electron chi connectivity index (χ4n) is 2.61. The minimum absolute atomic E-state index is 0.302. The molecule has 0 aliphatic rings. The van der Waals surface area contributed by atoms with Crippen LogP contribution in [0.5, 0.6) is 0 Å².